The summed E-state index contributed by atoms with van der Waals surface area (Å²) in [6.45, 7) is 10.8. The minimum Gasteiger partial charge on any atom is -0.460 e. The third-order valence-corrected chi connectivity index (χ3v) is 2.61. The molecule has 0 rings (SSSR count). The van der Waals surface area contributed by atoms with Crippen LogP contribution in [0.25, 0.3) is 0 Å². The molecule has 0 fully saturated rings. The topological polar surface area (TPSA) is 61.8 Å². The van der Waals surface area contributed by atoms with Gasteiger partial charge < -0.3 is 14.2 Å². The second kappa shape index (κ2) is 10.8. The van der Waals surface area contributed by atoms with Gasteiger partial charge in [0.2, 0.25) is 0 Å². The van der Waals surface area contributed by atoms with E-state index in [0.29, 0.717) is 13.2 Å². The Labute approximate surface area is 122 Å². The largest absolute Gasteiger partial charge is 0.460 e. The fourth-order valence-electron chi connectivity index (χ4n) is 1.39. The molecule has 5 heteroatoms. The van der Waals surface area contributed by atoms with E-state index in [0.717, 1.165) is 13.0 Å². The number of hydrogen-bond donors (Lipinski definition) is 0. The molecule has 0 aliphatic carbocycles. The standard InChI is InChI=1S/C15H28O5/c1-6-7-18-9-12(4)19-10-13(5)20-15(17)8-14(16)11(2)3/h11-13H,6-10H2,1-5H3. The Morgan fingerprint density at radius 1 is 1.00 bits per heavy atom. The highest BCUT2D eigenvalue weighted by Crippen LogP contribution is 2.04. The number of carbonyl (C=O) groups excluding carboxylic acids is 2. The summed E-state index contributed by atoms with van der Waals surface area (Å²) in [5.74, 6) is -0.746. The third kappa shape index (κ3) is 9.92. The SMILES string of the molecule is CCCOCC(C)OCC(C)OC(=O)CC(=O)C(C)C. The second-order valence-electron chi connectivity index (χ2n) is 5.32. The van der Waals surface area contributed by atoms with Crippen molar-refractivity contribution in [2.75, 3.05) is 19.8 Å². The van der Waals surface area contributed by atoms with Crippen molar-refractivity contribution in [2.24, 2.45) is 5.92 Å². The molecule has 0 N–H and O–H groups in total. The first-order valence-electron chi connectivity index (χ1n) is 7.28. The zero-order valence-corrected chi connectivity index (χ0v) is 13.3. The van der Waals surface area contributed by atoms with E-state index < -0.39 is 5.97 Å². The Bertz CT molecular complexity index is 288. The summed E-state index contributed by atoms with van der Waals surface area (Å²) < 4.78 is 16.0. The van der Waals surface area contributed by atoms with Gasteiger partial charge >= 0.3 is 5.97 Å². The van der Waals surface area contributed by atoms with Crippen LogP contribution in [0.15, 0.2) is 0 Å². The highest BCUT2D eigenvalue weighted by molar-refractivity contribution is 5.96. The van der Waals surface area contributed by atoms with Crippen molar-refractivity contribution in [1.29, 1.82) is 0 Å². The predicted molar refractivity (Wildman–Crippen MR) is 76.5 cm³/mol. The van der Waals surface area contributed by atoms with Crippen molar-refractivity contribution in [1.82, 2.24) is 0 Å². The maximum atomic E-state index is 11.5. The average molecular weight is 288 g/mol. The molecular formula is C15H28O5. The fourth-order valence-corrected chi connectivity index (χ4v) is 1.39. The van der Waals surface area contributed by atoms with E-state index in [9.17, 15) is 9.59 Å². The van der Waals surface area contributed by atoms with E-state index in [-0.39, 0.29) is 30.3 Å². The fraction of sp³-hybridized carbons (Fsp3) is 0.867. The summed E-state index contributed by atoms with van der Waals surface area (Å²) in [4.78, 5) is 22.9. The number of esters is 1. The molecule has 0 aliphatic heterocycles. The summed E-state index contributed by atoms with van der Waals surface area (Å²) in [6, 6.07) is 0. The maximum Gasteiger partial charge on any atom is 0.313 e. The quantitative estimate of drug-likeness (QED) is 0.332. The number of ether oxygens (including phenoxy) is 3. The van der Waals surface area contributed by atoms with Crippen molar-refractivity contribution in [3.05, 3.63) is 0 Å². The number of carbonyl (C=O) groups is 2. The molecule has 0 radical (unpaired) electrons. The van der Waals surface area contributed by atoms with Crippen molar-refractivity contribution in [3.63, 3.8) is 0 Å². The van der Waals surface area contributed by atoms with Gasteiger partial charge in [0.05, 0.1) is 19.3 Å². The molecule has 0 spiro atoms. The first-order valence-corrected chi connectivity index (χ1v) is 7.28. The molecule has 0 aromatic rings. The molecule has 0 aromatic heterocycles. The lowest BCUT2D eigenvalue weighted by atomic mass is 10.1. The highest BCUT2D eigenvalue weighted by Gasteiger charge is 2.17. The molecule has 2 atom stereocenters. The third-order valence-electron chi connectivity index (χ3n) is 2.61. The molecule has 0 saturated heterocycles. The Kier molecular flexibility index (Phi) is 10.3. The lowest BCUT2D eigenvalue weighted by Crippen LogP contribution is -2.26. The zero-order chi connectivity index (χ0) is 15.5. The number of rotatable bonds is 11. The lowest BCUT2D eigenvalue weighted by Gasteiger charge is -2.17. The van der Waals surface area contributed by atoms with Crippen LogP contribution < -0.4 is 0 Å². The van der Waals surface area contributed by atoms with Crippen LogP contribution in [-0.2, 0) is 23.8 Å². The molecule has 0 aliphatic rings. The van der Waals surface area contributed by atoms with Crippen LogP contribution in [0.2, 0.25) is 0 Å². The first kappa shape index (κ1) is 19.1. The molecule has 118 valence electrons. The Morgan fingerprint density at radius 3 is 2.20 bits per heavy atom. The van der Waals surface area contributed by atoms with E-state index in [2.05, 4.69) is 0 Å². The van der Waals surface area contributed by atoms with Crippen molar-refractivity contribution >= 4 is 11.8 Å². The summed E-state index contributed by atoms with van der Waals surface area (Å²) in [5.41, 5.74) is 0. The van der Waals surface area contributed by atoms with Gasteiger partial charge in [-0.2, -0.15) is 0 Å². The van der Waals surface area contributed by atoms with Crippen molar-refractivity contribution in [3.8, 4) is 0 Å². The predicted octanol–water partition coefficient (Wildman–Crippen LogP) is 2.37. The van der Waals surface area contributed by atoms with E-state index in [1.165, 1.54) is 0 Å². The van der Waals surface area contributed by atoms with E-state index in [1.807, 2.05) is 13.8 Å². The van der Waals surface area contributed by atoms with Crippen LogP contribution in [-0.4, -0.2) is 43.8 Å². The van der Waals surface area contributed by atoms with Crippen LogP contribution >= 0.6 is 0 Å². The Balaban J connectivity index is 3.79. The molecule has 0 saturated carbocycles. The average Bonchev–Trinajstić information content (AvgIpc) is 2.36. The molecule has 0 aromatic carbocycles. The van der Waals surface area contributed by atoms with Gasteiger partial charge in [-0.3, -0.25) is 9.59 Å². The van der Waals surface area contributed by atoms with Gasteiger partial charge in [-0.05, 0) is 20.3 Å². The molecule has 0 amide bonds. The molecule has 20 heavy (non-hydrogen) atoms. The maximum absolute atomic E-state index is 11.5. The van der Waals surface area contributed by atoms with E-state index in [1.54, 1.807) is 20.8 Å². The Hall–Kier alpha value is -0.940. The number of Topliss-reactive ketones (excluding diaryl/α,β-unsaturated/α-hetero) is 1. The van der Waals surface area contributed by atoms with E-state index in [4.69, 9.17) is 14.2 Å². The summed E-state index contributed by atoms with van der Waals surface area (Å²) in [5, 5.41) is 0. The summed E-state index contributed by atoms with van der Waals surface area (Å²) >= 11 is 0. The lowest BCUT2D eigenvalue weighted by molar-refractivity contribution is -0.154. The van der Waals surface area contributed by atoms with Gasteiger partial charge in [-0.1, -0.05) is 20.8 Å². The van der Waals surface area contributed by atoms with Crippen LogP contribution in [0.1, 0.15) is 47.5 Å². The normalized spacial score (nSPS) is 14.1. The van der Waals surface area contributed by atoms with Gasteiger partial charge in [-0.25, -0.2) is 0 Å². The van der Waals surface area contributed by atoms with Gasteiger partial charge in [0, 0.05) is 12.5 Å². The molecule has 2 unspecified atom stereocenters. The number of hydrogen-bond acceptors (Lipinski definition) is 5. The van der Waals surface area contributed by atoms with Crippen LogP contribution in [0.3, 0.4) is 0 Å². The zero-order valence-electron chi connectivity index (χ0n) is 13.3. The summed E-state index contributed by atoms with van der Waals surface area (Å²) in [6.07, 6.45) is 0.401. The molecule has 0 heterocycles. The van der Waals surface area contributed by atoms with Crippen LogP contribution in [0.5, 0.6) is 0 Å². The van der Waals surface area contributed by atoms with Gasteiger partial charge in [0.1, 0.15) is 18.3 Å². The van der Waals surface area contributed by atoms with Crippen molar-refractivity contribution < 1.29 is 23.8 Å². The monoisotopic (exact) mass is 288 g/mol. The summed E-state index contributed by atoms with van der Waals surface area (Å²) in [7, 11) is 0. The minimum absolute atomic E-state index is 0.0417. The second-order valence-corrected chi connectivity index (χ2v) is 5.32. The molecule has 0 bridgehead atoms. The highest BCUT2D eigenvalue weighted by atomic mass is 16.6. The molecular weight excluding hydrogens is 260 g/mol. The number of ketones is 1. The van der Waals surface area contributed by atoms with E-state index >= 15 is 0 Å². The van der Waals surface area contributed by atoms with Crippen molar-refractivity contribution in [2.45, 2.75) is 59.7 Å². The minimum atomic E-state index is -0.491. The Morgan fingerprint density at radius 2 is 1.65 bits per heavy atom. The van der Waals surface area contributed by atoms with Crippen LogP contribution in [0, 0.1) is 5.92 Å². The van der Waals surface area contributed by atoms with Crippen LogP contribution in [0.4, 0.5) is 0 Å². The first-order chi connectivity index (χ1) is 9.36. The molecule has 5 nitrogen and oxygen atoms in total. The smallest absolute Gasteiger partial charge is 0.313 e. The van der Waals surface area contributed by atoms with Gasteiger partial charge in [-0.15, -0.1) is 0 Å². The van der Waals surface area contributed by atoms with Gasteiger partial charge in [0.15, 0.2) is 0 Å². The van der Waals surface area contributed by atoms with Gasteiger partial charge in [0.25, 0.3) is 0 Å².